The molecule has 0 bridgehead atoms. The van der Waals surface area contributed by atoms with Gasteiger partial charge in [0.25, 0.3) is 0 Å². The van der Waals surface area contributed by atoms with Crippen LogP contribution in [-0.2, 0) is 4.74 Å². The lowest BCUT2D eigenvalue weighted by Crippen LogP contribution is -2.29. The summed E-state index contributed by atoms with van der Waals surface area (Å²) in [5, 5.41) is 0. The van der Waals surface area contributed by atoms with Crippen LogP contribution in [0.5, 0.6) is 0 Å². The molecule has 1 rings (SSSR count). The van der Waals surface area contributed by atoms with Crippen LogP contribution in [0.2, 0.25) is 0 Å². The summed E-state index contributed by atoms with van der Waals surface area (Å²) >= 11 is 0. The third-order valence-electron chi connectivity index (χ3n) is 2.71. The molecule has 1 saturated heterocycles. The number of nitrogens with zero attached hydrogens (tertiary/aromatic N) is 1. The Hall–Kier alpha value is -0.0800. The van der Waals surface area contributed by atoms with Crippen molar-refractivity contribution in [2.45, 2.75) is 46.3 Å². The summed E-state index contributed by atoms with van der Waals surface area (Å²) in [6.45, 7) is 12.2. The molecule has 0 aliphatic carbocycles. The van der Waals surface area contributed by atoms with Crippen LogP contribution in [0.3, 0.4) is 0 Å². The second-order valence-electron chi connectivity index (χ2n) is 4.63. The fraction of sp³-hybridized carbons (Fsp3) is 1.00. The molecule has 1 fully saturated rings. The van der Waals surface area contributed by atoms with Crippen LogP contribution in [0, 0.1) is 5.92 Å². The van der Waals surface area contributed by atoms with E-state index in [1.54, 1.807) is 0 Å². The Morgan fingerprint density at radius 3 is 2.46 bits per heavy atom. The summed E-state index contributed by atoms with van der Waals surface area (Å²) in [4.78, 5) is 2.54. The first-order chi connectivity index (χ1) is 6.09. The number of likely N-dealkylation sites (tertiary alicyclic amines) is 1. The Morgan fingerprint density at radius 2 is 2.00 bits per heavy atom. The molecule has 2 nitrogen and oxygen atoms in total. The van der Waals surface area contributed by atoms with Gasteiger partial charge in [0.2, 0.25) is 0 Å². The van der Waals surface area contributed by atoms with Crippen molar-refractivity contribution in [2.75, 3.05) is 19.7 Å². The van der Waals surface area contributed by atoms with Crippen molar-refractivity contribution in [3.8, 4) is 0 Å². The molecule has 1 heterocycles. The van der Waals surface area contributed by atoms with E-state index in [2.05, 4.69) is 32.6 Å². The highest BCUT2D eigenvalue weighted by Gasteiger charge is 2.24. The Bertz CT molecular complexity index is 145. The summed E-state index contributed by atoms with van der Waals surface area (Å²) in [5.74, 6) is 0.768. The fourth-order valence-electron chi connectivity index (χ4n) is 1.80. The monoisotopic (exact) mass is 185 g/mol. The number of hydrogen-bond donors (Lipinski definition) is 0. The van der Waals surface area contributed by atoms with Crippen LogP contribution < -0.4 is 0 Å². The number of ether oxygens (including phenoxy) is 1. The number of rotatable bonds is 4. The molecular formula is C11H23NO. The Morgan fingerprint density at radius 1 is 1.31 bits per heavy atom. The van der Waals surface area contributed by atoms with E-state index in [-0.39, 0.29) is 0 Å². The summed E-state index contributed by atoms with van der Waals surface area (Å²) in [6.07, 6.45) is 1.69. The van der Waals surface area contributed by atoms with Gasteiger partial charge >= 0.3 is 0 Å². The minimum atomic E-state index is 0.382. The van der Waals surface area contributed by atoms with Gasteiger partial charge in [0, 0.05) is 12.6 Å². The molecule has 0 aromatic heterocycles. The standard InChI is InChI=1S/C11H23NO/c1-9(2)12-6-5-11(7-12)8-13-10(3)4/h9-11H,5-8H2,1-4H3. The van der Waals surface area contributed by atoms with Gasteiger partial charge in [-0.25, -0.2) is 0 Å². The smallest absolute Gasteiger partial charge is 0.0519 e. The highest BCUT2D eigenvalue weighted by atomic mass is 16.5. The zero-order chi connectivity index (χ0) is 9.84. The van der Waals surface area contributed by atoms with Gasteiger partial charge in [0.15, 0.2) is 0 Å². The molecule has 0 radical (unpaired) electrons. The van der Waals surface area contributed by atoms with E-state index in [4.69, 9.17) is 4.74 Å². The number of hydrogen-bond acceptors (Lipinski definition) is 2. The van der Waals surface area contributed by atoms with Crippen LogP contribution in [0.15, 0.2) is 0 Å². The van der Waals surface area contributed by atoms with E-state index in [1.165, 1.54) is 19.5 Å². The maximum absolute atomic E-state index is 5.63. The van der Waals surface area contributed by atoms with E-state index in [0.717, 1.165) is 12.5 Å². The Kier molecular flexibility index (Phi) is 4.20. The second kappa shape index (κ2) is 4.97. The first-order valence-electron chi connectivity index (χ1n) is 5.45. The summed E-state index contributed by atoms with van der Waals surface area (Å²) in [7, 11) is 0. The van der Waals surface area contributed by atoms with E-state index < -0.39 is 0 Å². The van der Waals surface area contributed by atoms with Gasteiger partial charge in [-0.1, -0.05) is 0 Å². The molecule has 78 valence electrons. The largest absolute Gasteiger partial charge is 0.378 e. The molecule has 0 aromatic carbocycles. The van der Waals surface area contributed by atoms with Crippen LogP contribution in [0.25, 0.3) is 0 Å². The molecule has 0 N–H and O–H groups in total. The topological polar surface area (TPSA) is 12.5 Å². The van der Waals surface area contributed by atoms with Crippen molar-refractivity contribution in [1.82, 2.24) is 4.90 Å². The average molecular weight is 185 g/mol. The quantitative estimate of drug-likeness (QED) is 0.665. The van der Waals surface area contributed by atoms with Crippen LogP contribution in [0.4, 0.5) is 0 Å². The van der Waals surface area contributed by atoms with Crippen molar-refractivity contribution in [1.29, 1.82) is 0 Å². The second-order valence-corrected chi connectivity index (χ2v) is 4.63. The third-order valence-corrected chi connectivity index (χ3v) is 2.71. The van der Waals surface area contributed by atoms with Gasteiger partial charge in [-0.3, -0.25) is 0 Å². The molecular weight excluding hydrogens is 162 g/mol. The lowest BCUT2D eigenvalue weighted by molar-refractivity contribution is 0.0522. The lowest BCUT2D eigenvalue weighted by atomic mass is 10.1. The van der Waals surface area contributed by atoms with Gasteiger partial charge in [-0.2, -0.15) is 0 Å². The Labute approximate surface area is 82.3 Å². The van der Waals surface area contributed by atoms with Gasteiger partial charge in [-0.15, -0.1) is 0 Å². The van der Waals surface area contributed by atoms with Crippen molar-refractivity contribution in [3.63, 3.8) is 0 Å². The first-order valence-corrected chi connectivity index (χ1v) is 5.45. The Balaban J connectivity index is 2.17. The van der Waals surface area contributed by atoms with E-state index >= 15 is 0 Å². The van der Waals surface area contributed by atoms with Gasteiger partial charge in [0.05, 0.1) is 12.7 Å². The molecule has 1 atom stereocenters. The zero-order valence-corrected chi connectivity index (χ0v) is 9.42. The zero-order valence-electron chi connectivity index (χ0n) is 9.42. The molecule has 13 heavy (non-hydrogen) atoms. The fourth-order valence-corrected chi connectivity index (χ4v) is 1.80. The predicted octanol–water partition coefficient (Wildman–Crippen LogP) is 2.14. The molecule has 1 aliphatic rings. The maximum atomic E-state index is 5.63. The van der Waals surface area contributed by atoms with E-state index in [1.807, 2.05) is 0 Å². The van der Waals surface area contributed by atoms with Crippen molar-refractivity contribution in [2.24, 2.45) is 5.92 Å². The molecule has 1 unspecified atom stereocenters. The molecule has 0 spiro atoms. The average Bonchev–Trinajstić information content (AvgIpc) is 2.48. The summed E-state index contributed by atoms with van der Waals surface area (Å²) < 4.78 is 5.63. The van der Waals surface area contributed by atoms with Crippen molar-refractivity contribution >= 4 is 0 Å². The van der Waals surface area contributed by atoms with Gasteiger partial charge < -0.3 is 9.64 Å². The van der Waals surface area contributed by atoms with Crippen molar-refractivity contribution in [3.05, 3.63) is 0 Å². The molecule has 0 amide bonds. The minimum absolute atomic E-state index is 0.382. The predicted molar refractivity (Wildman–Crippen MR) is 55.9 cm³/mol. The van der Waals surface area contributed by atoms with E-state index in [0.29, 0.717) is 12.1 Å². The molecule has 1 aliphatic heterocycles. The molecule has 0 saturated carbocycles. The minimum Gasteiger partial charge on any atom is -0.378 e. The molecule has 0 aromatic rings. The van der Waals surface area contributed by atoms with E-state index in [9.17, 15) is 0 Å². The normalized spacial score (nSPS) is 24.9. The van der Waals surface area contributed by atoms with Gasteiger partial charge in [0.1, 0.15) is 0 Å². The van der Waals surface area contributed by atoms with Crippen LogP contribution in [0.1, 0.15) is 34.1 Å². The van der Waals surface area contributed by atoms with Crippen molar-refractivity contribution < 1.29 is 4.74 Å². The molecule has 2 heteroatoms. The van der Waals surface area contributed by atoms with Gasteiger partial charge in [-0.05, 0) is 46.6 Å². The SMILES string of the molecule is CC(C)OCC1CCN(C(C)C)C1. The highest BCUT2D eigenvalue weighted by Crippen LogP contribution is 2.18. The summed E-state index contributed by atoms with van der Waals surface area (Å²) in [5.41, 5.74) is 0. The van der Waals surface area contributed by atoms with Crippen LogP contribution in [-0.4, -0.2) is 36.7 Å². The highest BCUT2D eigenvalue weighted by molar-refractivity contribution is 4.77. The maximum Gasteiger partial charge on any atom is 0.0519 e. The first kappa shape index (κ1) is 11.0. The lowest BCUT2D eigenvalue weighted by Gasteiger charge is -2.20. The third kappa shape index (κ3) is 3.65. The van der Waals surface area contributed by atoms with Crippen LogP contribution >= 0.6 is 0 Å². The summed E-state index contributed by atoms with van der Waals surface area (Å²) in [6, 6.07) is 0.698.